The monoisotopic (exact) mass is 295 g/mol. The number of benzene rings is 2. The van der Waals surface area contributed by atoms with Crippen molar-refractivity contribution in [2.45, 2.75) is 20.1 Å². The van der Waals surface area contributed by atoms with Gasteiger partial charge in [-0.15, -0.1) is 0 Å². The van der Waals surface area contributed by atoms with Gasteiger partial charge >= 0.3 is 0 Å². The van der Waals surface area contributed by atoms with Crippen molar-refractivity contribution in [1.29, 1.82) is 0 Å². The van der Waals surface area contributed by atoms with Crippen LogP contribution in [0.2, 0.25) is 10.0 Å². The van der Waals surface area contributed by atoms with E-state index in [9.17, 15) is 0 Å². The van der Waals surface area contributed by atoms with Crippen molar-refractivity contribution in [3.05, 3.63) is 63.1 Å². The molecule has 100 valence electrons. The lowest BCUT2D eigenvalue weighted by Crippen LogP contribution is -2.03. The van der Waals surface area contributed by atoms with Crippen LogP contribution in [0.1, 0.15) is 16.7 Å². The molecule has 0 aliphatic carbocycles. The van der Waals surface area contributed by atoms with Crippen molar-refractivity contribution < 1.29 is 4.74 Å². The Bertz CT molecular complexity index is 584. The molecule has 0 saturated carbocycles. The highest BCUT2D eigenvalue weighted by Crippen LogP contribution is 2.30. The lowest BCUT2D eigenvalue weighted by Gasteiger charge is -2.13. The van der Waals surface area contributed by atoms with E-state index in [0.29, 0.717) is 28.9 Å². The maximum atomic E-state index is 6.17. The molecule has 2 aromatic carbocycles. The SMILES string of the molecule is Cc1ccc(COc2c(Cl)cccc2CN)c(Cl)c1. The molecule has 0 atom stereocenters. The summed E-state index contributed by atoms with van der Waals surface area (Å²) in [5.74, 6) is 0.628. The molecule has 0 spiro atoms. The zero-order valence-corrected chi connectivity index (χ0v) is 12.1. The standard InChI is InChI=1S/C15H15Cl2NO/c1-10-5-6-12(14(17)7-10)9-19-15-11(8-18)3-2-4-13(15)16/h2-7H,8-9,18H2,1H3. The van der Waals surface area contributed by atoms with E-state index in [0.717, 1.165) is 16.7 Å². The second kappa shape index (κ2) is 6.29. The van der Waals surface area contributed by atoms with Gasteiger partial charge in [-0.1, -0.05) is 47.5 Å². The van der Waals surface area contributed by atoms with Crippen LogP contribution in [0.4, 0.5) is 0 Å². The third kappa shape index (κ3) is 3.41. The Kier molecular flexibility index (Phi) is 4.70. The minimum Gasteiger partial charge on any atom is -0.487 e. The quantitative estimate of drug-likeness (QED) is 0.911. The Balaban J connectivity index is 2.19. The summed E-state index contributed by atoms with van der Waals surface area (Å²) in [4.78, 5) is 0. The molecule has 0 saturated heterocycles. The number of halogens is 2. The van der Waals surface area contributed by atoms with E-state index in [2.05, 4.69) is 0 Å². The van der Waals surface area contributed by atoms with Crippen molar-refractivity contribution in [1.82, 2.24) is 0 Å². The average Bonchev–Trinajstić information content (AvgIpc) is 2.39. The Morgan fingerprint density at radius 2 is 1.84 bits per heavy atom. The first-order valence-corrected chi connectivity index (χ1v) is 6.72. The molecule has 0 aromatic heterocycles. The predicted octanol–water partition coefficient (Wildman–Crippen LogP) is 4.34. The van der Waals surface area contributed by atoms with Crippen LogP contribution >= 0.6 is 23.2 Å². The summed E-state index contributed by atoms with van der Waals surface area (Å²) < 4.78 is 5.77. The molecule has 2 N–H and O–H groups in total. The second-order valence-electron chi connectivity index (χ2n) is 4.32. The lowest BCUT2D eigenvalue weighted by atomic mass is 10.1. The minimum atomic E-state index is 0.371. The van der Waals surface area contributed by atoms with Gasteiger partial charge in [-0.3, -0.25) is 0 Å². The Hall–Kier alpha value is -1.22. The van der Waals surface area contributed by atoms with Crippen molar-refractivity contribution in [2.24, 2.45) is 5.73 Å². The smallest absolute Gasteiger partial charge is 0.142 e. The number of aryl methyl sites for hydroxylation is 1. The Labute approximate surface area is 123 Å². The van der Waals surface area contributed by atoms with Gasteiger partial charge in [0.1, 0.15) is 12.4 Å². The summed E-state index contributed by atoms with van der Waals surface area (Å²) in [5, 5.41) is 1.26. The van der Waals surface area contributed by atoms with Crippen molar-refractivity contribution in [2.75, 3.05) is 0 Å². The topological polar surface area (TPSA) is 35.2 Å². The van der Waals surface area contributed by atoms with E-state index in [1.54, 1.807) is 6.07 Å². The first kappa shape index (κ1) is 14.2. The molecule has 2 rings (SSSR count). The molecular formula is C15H15Cl2NO. The van der Waals surface area contributed by atoms with E-state index in [4.69, 9.17) is 33.7 Å². The zero-order chi connectivity index (χ0) is 13.8. The van der Waals surface area contributed by atoms with E-state index < -0.39 is 0 Å². The average molecular weight is 296 g/mol. The van der Waals surface area contributed by atoms with Gasteiger partial charge in [0.2, 0.25) is 0 Å². The Morgan fingerprint density at radius 3 is 2.53 bits per heavy atom. The van der Waals surface area contributed by atoms with Crippen LogP contribution in [-0.2, 0) is 13.2 Å². The lowest BCUT2D eigenvalue weighted by molar-refractivity contribution is 0.303. The van der Waals surface area contributed by atoms with Gasteiger partial charge in [0.25, 0.3) is 0 Å². The highest BCUT2D eigenvalue weighted by Gasteiger charge is 2.08. The predicted molar refractivity (Wildman–Crippen MR) is 79.9 cm³/mol. The number of hydrogen-bond donors (Lipinski definition) is 1. The molecule has 2 nitrogen and oxygen atoms in total. The van der Waals surface area contributed by atoms with Gasteiger partial charge in [-0.25, -0.2) is 0 Å². The van der Waals surface area contributed by atoms with Crippen LogP contribution < -0.4 is 10.5 Å². The van der Waals surface area contributed by atoms with E-state index in [1.165, 1.54) is 0 Å². The number of hydrogen-bond acceptors (Lipinski definition) is 2. The molecule has 0 bridgehead atoms. The van der Waals surface area contributed by atoms with Crippen LogP contribution in [0.25, 0.3) is 0 Å². The summed E-state index contributed by atoms with van der Waals surface area (Å²) in [6, 6.07) is 11.4. The van der Waals surface area contributed by atoms with Crippen molar-refractivity contribution in [3.8, 4) is 5.75 Å². The summed E-state index contributed by atoms with van der Waals surface area (Å²) in [6.07, 6.45) is 0. The maximum absolute atomic E-state index is 6.17. The minimum absolute atomic E-state index is 0.371. The maximum Gasteiger partial charge on any atom is 0.142 e. The molecule has 2 aromatic rings. The number of ether oxygens (including phenoxy) is 1. The molecule has 0 amide bonds. The number of nitrogens with two attached hydrogens (primary N) is 1. The van der Waals surface area contributed by atoms with Crippen LogP contribution in [0.3, 0.4) is 0 Å². The first-order chi connectivity index (χ1) is 9.11. The van der Waals surface area contributed by atoms with E-state index >= 15 is 0 Å². The van der Waals surface area contributed by atoms with Gasteiger partial charge < -0.3 is 10.5 Å². The molecule has 0 radical (unpaired) electrons. The number of rotatable bonds is 4. The highest BCUT2D eigenvalue weighted by atomic mass is 35.5. The Morgan fingerprint density at radius 1 is 1.05 bits per heavy atom. The summed E-state index contributed by atoms with van der Waals surface area (Å²) in [7, 11) is 0. The van der Waals surface area contributed by atoms with Crippen LogP contribution in [0.15, 0.2) is 36.4 Å². The molecule has 4 heteroatoms. The van der Waals surface area contributed by atoms with E-state index in [1.807, 2.05) is 37.3 Å². The van der Waals surface area contributed by atoms with Gasteiger partial charge in [0.15, 0.2) is 0 Å². The highest BCUT2D eigenvalue weighted by molar-refractivity contribution is 6.32. The van der Waals surface area contributed by atoms with Gasteiger partial charge in [-0.05, 0) is 24.6 Å². The van der Waals surface area contributed by atoms with Crippen molar-refractivity contribution >= 4 is 23.2 Å². The third-order valence-corrected chi connectivity index (χ3v) is 3.50. The molecule has 0 fully saturated rings. The largest absolute Gasteiger partial charge is 0.487 e. The molecule has 0 heterocycles. The molecule has 0 aliphatic heterocycles. The summed E-state index contributed by atoms with van der Waals surface area (Å²) in [5.41, 5.74) is 8.60. The van der Waals surface area contributed by atoms with E-state index in [-0.39, 0.29) is 0 Å². The number of para-hydroxylation sites is 1. The molecular weight excluding hydrogens is 281 g/mol. The van der Waals surface area contributed by atoms with Crippen LogP contribution in [0, 0.1) is 6.92 Å². The molecule has 19 heavy (non-hydrogen) atoms. The zero-order valence-electron chi connectivity index (χ0n) is 10.6. The fraction of sp³-hybridized carbons (Fsp3) is 0.200. The van der Waals surface area contributed by atoms with Gasteiger partial charge in [0.05, 0.1) is 5.02 Å². The van der Waals surface area contributed by atoms with Crippen molar-refractivity contribution in [3.63, 3.8) is 0 Å². The molecule has 0 unspecified atom stereocenters. The first-order valence-electron chi connectivity index (χ1n) is 5.97. The van der Waals surface area contributed by atoms with Gasteiger partial charge in [-0.2, -0.15) is 0 Å². The second-order valence-corrected chi connectivity index (χ2v) is 5.13. The summed E-state index contributed by atoms with van der Waals surface area (Å²) >= 11 is 12.3. The van der Waals surface area contributed by atoms with Gasteiger partial charge in [0, 0.05) is 22.7 Å². The normalized spacial score (nSPS) is 10.5. The summed E-state index contributed by atoms with van der Waals surface area (Å²) in [6.45, 7) is 2.75. The fourth-order valence-corrected chi connectivity index (χ4v) is 2.33. The fourth-order valence-electron chi connectivity index (χ4n) is 1.80. The third-order valence-electron chi connectivity index (χ3n) is 2.85. The van der Waals surface area contributed by atoms with Crippen LogP contribution in [-0.4, -0.2) is 0 Å². The van der Waals surface area contributed by atoms with Crippen LogP contribution in [0.5, 0.6) is 5.75 Å². The molecule has 0 aliphatic rings.